The number of morpholine rings is 1. The van der Waals surface area contributed by atoms with Gasteiger partial charge in [0.25, 0.3) is 0 Å². The van der Waals surface area contributed by atoms with Crippen LogP contribution in [-0.2, 0) is 25.5 Å². The van der Waals surface area contributed by atoms with Crippen molar-refractivity contribution in [2.24, 2.45) is 5.92 Å². The van der Waals surface area contributed by atoms with Crippen molar-refractivity contribution in [3.05, 3.63) is 11.1 Å². The predicted molar refractivity (Wildman–Crippen MR) is 115 cm³/mol. The maximum absolute atomic E-state index is 12.9. The van der Waals surface area contributed by atoms with Crippen LogP contribution in [0.3, 0.4) is 0 Å². The van der Waals surface area contributed by atoms with Crippen molar-refractivity contribution in [3.63, 3.8) is 0 Å². The third-order valence-electron chi connectivity index (χ3n) is 5.67. The Morgan fingerprint density at radius 3 is 2.60 bits per heavy atom. The fraction of sp³-hybridized carbons (Fsp3) is 0.714. The molecule has 1 N–H and O–H groups in total. The van der Waals surface area contributed by atoms with Gasteiger partial charge in [0.1, 0.15) is 6.54 Å². The number of thiazole rings is 1. The van der Waals surface area contributed by atoms with E-state index in [4.69, 9.17) is 4.74 Å². The molecule has 2 heterocycles. The Bertz CT molecular complexity index is 739. The Morgan fingerprint density at radius 2 is 1.93 bits per heavy atom. The highest BCUT2D eigenvalue weighted by molar-refractivity contribution is 7.13. The van der Waals surface area contributed by atoms with Gasteiger partial charge in [-0.25, -0.2) is 4.98 Å². The quantitative estimate of drug-likeness (QED) is 0.708. The zero-order valence-electron chi connectivity index (χ0n) is 17.9. The van der Waals surface area contributed by atoms with Gasteiger partial charge in [0.05, 0.1) is 25.3 Å². The summed E-state index contributed by atoms with van der Waals surface area (Å²) in [6.45, 7) is 6.24. The van der Waals surface area contributed by atoms with Gasteiger partial charge in [0.2, 0.25) is 17.7 Å². The lowest BCUT2D eigenvalue weighted by Crippen LogP contribution is -2.45. The van der Waals surface area contributed by atoms with E-state index in [0.29, 0.717) is 37.1 Å². The van der Waals surface area contributed by atoms with E-state index in [9.17, 15) is 14.4 Å². The summed E-state index contributed by atoms with van der Waals surface area (Å²) in [5.74, 6) is -0.124. The predicted octanol–water partition coefficient (Wildman–Crippen LogP) is 2.30. The summed E-state index contributed by atoms with van der Waals surface area (Å²) in [5, 5.41) is 5.04. The molecule has 9 heteroatoms. The molecule has 2 fully saturated rings. The van der Waals surface area contributed by atoms with Crippen molar-refractivity contribution in [2.75, 3.05) is 38.2 Å². The highest BCUT2D eigenvalue weighted by atomic mass is 32.1. The van der Waals surface area contributed by atoms with Gasteiger partial charge in [-0.1, -0.05) is 19.3 Å². The molecule has 1 aliphatic heterocycles. The van der Waals surface area contributed by atoms with Gasteiger partial charge in [-0.05, 0) is 26.7 Å². The summed E-state index contributed by atoms with van der Waals surface area (Å²) in [4.78, 5) is 45.6. The first-order valence-electron chi connectivity index (χ1n) is 10.8. The monoisotopic (exact) mass is 436 g/mol. The highest BCUT2D eigenvalue weighted by Gasteiger charge is 2.29. The van der Waals surface area contributed by atoms with Crippen LogP contribution < -0.4 is 5.32 Å². The average molecular weight is 437 g/mol. The number of aromatic nitrogens is 1. The first-order valence-corrected chi connectivity index (χ1v) is 11.7. The third kappa shape index (κ3) is 6.25. The summed E-state index contributed by atoms with van der Waals surface area (Å²) in [5.41, 5.74) is 0.644. The molecule has 3 amide bonds. The molecule has 1 saturated heterocycles. The van der Waals surface area contributed by atoms with E-state index in [1.807, 2.05) is 13.8 Å². The summed E-state index contributed by atoms with van der Waals surface area (Å²) in [7, 11) is 0. The molecule has 30 heavy (non-hydrogen) atoms. The average Bonchev–Trinajstić information content (AvgIpc) is 3.19. The largest absolute Gasteiger partial charge is 0.378 e. The Labute approximate surface area is 182 Å². The highest BCUT2D eigenvalue weighted by Crippen LogP contribution is 2.26. The number of rotatable bonds is 7. The molecule has 0 spiro atoms. The van der Waals surface area contributed by atoms with Gasteiger partial charge in [-0.2, -0.15) is 0 Å². The fourth-order valence-electron chi connectivity index (χ4n) is 3.94. The summed E-state index contributed by atoms with van der Waals surface area (Å²) in [6.07, 6.45) is 5.39. The van der Waals surface area contributed by atoms with Crippen LogP contribution in [0.4, 0.5) is 5.13 Å². The number of nitrogens with zero attached hydrogens (tertiary/aromatic N) is 3. The van der Waals surface area contributed by atoms with Gasteiger partial charge in [0.15, 0.2) is 5.13 Å². The van der Waals surface area contributed by atoms with Gasteiger partial charge in [-0.3, -0.25) is 14.4 Å². The molecule has 1 aromatic rings. The first-order chi connectivity index (χ1) is 14.4. The number of nitrogens with one attached hydrogen (secondary N) is 1. The van der Waals surface area contributed by atoms with Crippen molar-refractivity contribution < 1.29 is 19.1 Å². The molecular weight excluding hydrogens is 404 g/mol. The normalized spacial score (nSPS) is 17.8. The van der Waals surface area contributed by atoms with Crippen LogP contribution in [0.2, 0.25) is 0 Å². The lowest BCUT2D eigenvalue weighted by molar-refractivity contribution is -0.141. The molecule has 8 nitrogen and oxygen atoms in total. The maximum Gasteiger partial charge on any atom is 0.245 e. The third-order valence-corrected chi connectivity index (χ3v) is 6.48. The fourth-order valence-corrected chi connectivity index (χ4v) is 4.66. The molecule has 1 aromatic heterocycles. The van der Waals surface area contributed by atoms with E-state index in [0.717, 1.165) is 25.7 Å². The lowest BCUT2D eigenvalue weighted by atomic mass is 9.88. The van der Waals surface area contributed by atoms with E-state index < -0.39 is 0 Å². The van der Waals surface area contributed by atoms with E-state index in [2.05, 4.69) is 10.3 Å². The molecule has 3 rings (SSSR count). The molecule has 0 unspecified atom stereocenters. The second-order valence-electron chi connectivity index (χ2n) is 8.26. The van der Waals surface area contributed by atoms with Crippen molar-refractivity contribution in [1.82, 2.24) is 14.8 Å². The van der Waals surface area contributed by atoms with E-state index in [-0.39, 0.29) is 42.6 Å². The van der Waals surface area contributed by atoms with E-state index >= 15 is 0 Å². The summed E-state index contributed by atoms with van der Waals surface area (Å²) >= 11 is 1.30. The van der Waals surface area contributed by atoms with Crippen molar-refractivity contribution in [3.8, 4) is 0 Å². The zero-order valence-corrected chi connectivity index (χ0v) is 18.7. The van der Waals surface area contributed by atoms with Gasteiger partial charge >= 0.3 is 0 Å². The second-order valence-corrected chi connectivity index (χ2v) is 9.12. The van der Waals surface area contributed by atoms with Crippen LogP contribution in [0.15, 0.2) is 5.38 Å². The van der Waals surface area contributed by atoms with Gasteiger partial charge < -0.3 is 19.9 Å². The number of ether oxygens (including phenoxy) is 1. The number of carbonyl (C=O) groups is 3. The Balaban J connectivity index is 1.52. The van der Waals surface area contributed by atoms with Gasteiger partial charge in [-0.15, -0.1) is 11.3 Å². The maximum atomic E-state index is 12.9. The topological polar surface area (TPSA) is 91.8 Å². The van der Waals surface area contributed by atoms with Crippen molar-refractivity contribution in [2.45, 2.75) is 58.4 Å². The Morgan fingerprint density at radius 1 is 1.23 bits per heavy atom. The number of anilines is 1. The SMILES string of the molecule is CC(C)N(CC(=O)Nc1nc(CC(=O)N2CCOCC2)cs1)C(=O)C1CCCCC1. The number of hydrogen-bond acceptors (Lipinski definition) is 6. The molecule has 0 radical (unpaired) electrons. The van der Waals surface area contributed by atoms with Crippen LogP contribution in [0.1, 0.15) is 51.6 Å². The van der Waals surface area contributed by atoms with Crippen LogP contribution >= 0.6 is 11.3 Å². The minimum atomic E-state index is -0.256. The molecule has 2 aliphatic rings. The molecule has 1 saturated carbocycles. The van der Waals surface area contributed by atoms with Crippen molar-refractivity contribution >= 4 is 34.2 Å². The second kappa shape index (κ2) is 10.9. The first kappa shape index (κ1) is 22.7. The molecular formula is C21H32N4O4S. The minimum Gasteiger partial charge on any atom is -0.378 e. The molecule has 1 aliphatic carbocycles. The number of hydrogen-bond donors (Lipinski definition) is 1. The molecule has 0 aromatic carbocycles. The number of amides is 3. The van der Waals surface area contributed by atoms with Crippen LogP contribution in [0.25, 0.3) is 0 Å². The van der Waals surface area contributed by atoms with Crippen molar-refractivity contribution in [1.29, 1.82) is 0 Å². The Hall–Kier alpha value is -2.00. The van der Waals surface area contributed by atoms with E-state index in [1.165, 1.54) is 17.8 Å². The summed E-state index contributed by atoms with van der Waals surface area (Å²) in [6, 6.07) is -0.0387. The Kier molecular flexibility index (Phi) is 8.21. The molecule has 0 atom stereocenters. The minimum absolute atomic E-state index is 0.0190. The number of carbonyl (C=O) groups excluding carboxylic acids is 3. The molecule has 166 valence electrons. The standard InChI is InChI=1S/C21H32N4O4S/c1-15(2)25(20(28)16-6-4-3-5-7-16)13-18(26)23-21-22-17(14-30-21)12-19(27)24-8-10-29-11-9-24/h14-16H,3-13H2,1-2H3,(H,22,23,26). The van der Waals surface area contributed by atoms with Gasteiger partial charge in [0, 0.05) is 30.4 Å². The van der Waals surface area contributed by atoms with Crippen LogP contribution in [-0.4, -0.2) is 71.4 Å². The summed E-state index contributed by atoms with van der Waals surface area (Å²) < 4.78 is 5.27. The van der Waals surface area contributed by atoms with Crippen LogP contribution in [0, 0.1) is 5.92 Å². The smallest absolute Gasteiger partial charge is 0.245 e. The molecule has 0 bridgehead atoms. The van der Waals surface area contributed by atoms with Crippen LogP contribution in [0.5, 0.6) is 0 Å². The zero-order chi connectivity index (χ0) is 21.5. The lowest BCUT2D eigenvalue weighted by Gasteiger charge is -2.31. The van der Waals surface area contributed by atoms with E-state index in [1.54, 1.807) is 15.2 Å².